The van der Waals surface area contributed by atoms with Gasteiger partial charge in [-0.3, -0.25) is 14.2 Å². The van der Waals surface area contributed by atoms with E-state index in [9.17, 15) is 9.59 Å². The number of carbonyl (C=O) groups is 1. The number of amides is 1. The Kier molecular flexibility index (Phi) is 1.91. The highest BCUT2D eigenvalue weighted by molar-refractivity contribution is 5.95. The lowest BCUT2D eigenvalue weighted by Gasteiger charge is -2.34. The predicted octanol–water partition coefficient (Wildman–Crippen LogP) is 0.0549. The average molecular weight is 220 g/mol. The monoisotopic (exact) mass is 220 g/mol. The molecule has 0 radical (unpaired) electrons. The number of rotatable bonds is 0. The molecule has 1 aromatic heterocycles. The minimum Gasteiger partial charge on any atom is -0.381 e. The first-order valence-corrected chi connectivity index (χ1v) is 5.36. The molecule has 2 aliphatic rings. The molecule has 2 aliphatic heterocycles. The molecule has 3 rings (SSSR count). The molecule has 0 bridgehead atoms. The van der Waals surface area contributed by atoms with E-state index in [0.717, 1.165) is 0 Å². The molecule has 1 saturated heterocycles. The van der Waals surface area contributed by atoms with Crippen LogP contribution in [0.5, 0.6) is 0 Å². The van der Waals surface area contributed by atoms with Gasteiger partial charge in [-0.2, -0.15) is 0 Å². The van der Waals surface area contributed by atoms with Crippen molar-refractivity contribution in [2.75, 3.05) is 13.2 Å². The zero-order valence-corrected chi connectivity index (χ0v) is 8.73. The fraction of sp³-hybridized carbons (Fsp3) is 0.455. The van der Waals surface area contributed by atoms with Crippen LogP contribution < -0.4 is 10.9 Å². The minimum atomic E-state index is -0.553. The number of fused-ring (bicyclic) bond motifs is 2. The number of pyridine rings is 1. The largest absolute Gasteiger partial charge is 0.381 e. The van der Waals surface area contributed by atoms with E-state index in [1.54, 1.807) is 16.7 Å². The van der Waals surface area contributed by atoms with E-state index in [2.05, 4.69) is 5.32 Å². The van der Waals surface area contributed by atoms with Gasteiger partial charge in [0, 0.05) is 18.9 Å². The Morgan fingerprint density at radius 2 is 2.00 bits per heavy atom. The first-order valence-electron chi connectivity index (χ1n) is 5.36. The van der Waals surface area contributed by atoms with Crippen LogP contribution in [0.1, 0.15) is 23.3 Å². The summed E-state index contributed by atoms with van der Waals surface area (Å²) in [4.78, 5) is 23.6. The van der Waals surface area contributed by atoms with Crippen LogP contribution in [-0.2, 0) is 10.4 Å². The van der Waals surface area contributed by atoms with Gasteiger partial charge in [0.25, 0.3) is 11.5 Å². The van der Waals surface area contributed by atoms with Crippen LogP contribution >= 0.6 is 0 Å². The van der Waals surface area contributed by atoms with Crippen molar-refractivity contribution in [3.05, 3.63) is 34.2 Å². The van der Waals surface area contributed by atoms with Crippen LogP contribution in [0.25, 0.3) is 0 Å². The van der Waals surface area contributed by atoms with Crippen molar-refractivity contribution >= 4 is 5.91 Å². The van der Waals surface area contributed by atoms with Crippen molar-refractivity contribution in [2.45, 2.75) is 18.5 Å². The Morgan fingerprint density at radius 1 is 1.25 bits per heavy atom. The van der Waals surface area contributed by atoms with Gasteiger partial charge in [-0.1, -0.05) is 6.07 Å². The fourth-order valence-electron chi connectivity index (χ4n) is 2.50. The highest BCUT2D eigenvalue weighted by atomic mass is 16.5. The predicted molar refractivity (Wildman–Crippen MR) is 56.2 cm³/mol. The number of ether oxygens (including phenoxy) is 1. The summed E-state index contributed by atoms with van der Waals surface area (Å²) >= 11 is 0. The maximum atomic E-state index is 11.9. The molecule has 0 saturated carbocycles. The lowest BCUT2D eigenvalue weighted by Crippen LogP contribution is -2.50. The van der Waals surface area contributed by atoms with Crippen molar-refractivity contribution in [2.24, 2.45) is 0 Å². The van der Waals surface area contributed by atoms with E-state index >= 15 is 0 Å². The third-order valence-electron chi connectivity index (χ3n) is 3.28. The highest BCUT2D eigenvalue weighted by Gasteiger charge is 2.43. The van der Waals surface area contributed by atoms with Crippen LogP contribution in [-0.4, -0.2) is 23.7 Å². The van der Waals surface area contributed by atoms with E-state index in [1.165, 1.54) is 6.07 Å². The van der Waals surface area contributed by atoms with E-state index in [-0.39, 0.29) is 11.5 Å². The lowest BCUT2D eigenvalue weighted by molar-refractivity contribution is 0.0120. The first kappa shape index (κ1) is 9.59. The molecule has 1 fully saturated rings. The molecule has 0 aromatic carbocycles. The Morgan fingerprint density at radius 3 is 2.75 bits per heavy atom. The van der Waals surface area contributed by atoms with Crippen LogP contribution in [0.3, 0.4) is 0 Å². The van der Waals surface area contributed by atoms with Gasteiger partial charge in [0.15, 0.2) is 0 Å². The van der Waals surface area contributed by atoms with Gasteiger partial charge >= 0.3 is 0 Å². The highest BCUT2D eigenvalue weighted by Crippen LogP contribution is 2.30. The number of nitrogens with zero attached hydrogens (tertiary/aromatic N) is 1. The summed E-state index contributed by atoms with van der Waals surface area (Å²) in [6, 6.07) is 4.79. The maximum absolute atomic E-state index is 11.9. The quantitative estimate of drug-likeness (QED) is 0.672. The zero-order chi connectivity index (χ0) is 11.2. The molecule has 1 amide bonds. The molecular weight excluding hydrogens is 208 g/mol. The molecule has 1 aromatic rings. The molecule has 0 unspecified atom stereocenters. The van der Waals surface area contributed by atoms with E-state index in [1.807, 2.05) is 0 Å². The third kappa shape index (κ3) is 1.15. The maximum Gasteiger partial charge on any atom is 0.269 e. The SMILES string of the molecule is O=C1NC2(CCOCC2)n2c1cccc2=O. The number of hydrogen-bond acceptors (Lipinski definition) is 3. The molecule has 84 valence electrons. The second-order valence-corrected chi connectivity index (χ2v) is 4.18. The summed E-state index contributed by atoms with van der Waals surface area (Å²) < 4.78 is 6.86. The molecule has 1 spiro atoms. The van der Waals surface area contributed by atoms with Gasteiger partial charge in [-0.25, -0.2) is 0 Å². The molecule has 0 aliphatic carbocycles. The molecule has 5 nitrogen and oxygen atoms in total. The summed E-state index contributed by atoms with van der Waals surface area (Å²) in [5.41, 5.74) is -0.227. The van der Waals surface area contributed by atoms with Crippen LogP contribution in [0.15, 0.2) is 23.0 Å². The Bertz CT molecular complexity index is 500. The van der Waals surface area contributed by atoms with Crippen molar-refractivity contribution in [1.29, 1.82) is 0 Å². The lowest BCUT2D eigenvalue weighted by atomic mass is 10.0. The molecular formula is C11H12N2O3. The zero-order valence-electron chi connectivity index (χ0n) is 8.73. The second kappa shape index (κ2) is 3.18. The molecule has 1 N–H and O–H groups in total. The number of aromatic nitrogens is 1. The Hall–Kier alpha value is -1.62. The standard InChI is InChI=1S/C11H12N2O3/c14-9-3-1-2-8-10(15)12-11(13(8)9)4-6-16-7-5-11/h1-3H,4-7H2,(H,12,15). The van der Waals surface area contributed by atoms with Crippen LogP contribution in [0, 0.1) is 0 Å². The van der Waals surface area contributed by atoms with Gasteiger partial charge in [-0.15, -0.1) is 0 Å². The van der Waals surface area contributed by atoms with E-state index in [4.69, 9.17) is 4.74 Å². The minimum absolute atomic E-state index is 0.127. The Balaban J connectivity index is 2.20. The first-order chi connectivity index (χ1) is 7.73. The second-order valence-electron chi connectivity index (χ2n) is 4.18. The molecule has 16 heavy (non-hydrogen) atoms. The number of hydrogen-bond donors (Lipinski definition) is 1. The van der Waals surface area contributed by atoms with E-state index in [0.29, 0.717) is 31.7 Å². The van der Waals surface area contributed by atoms with Crippen LogP contribution in [0.2, 0.25) is 0 Å². The topological polar surface area (TPSA) is 60.3 Å². The molecule has 5 heteroatoms. The van der Waals surface area contributed by atoms with E-state index < -0.39 is 5.66 Å². The van der Waals surface area contributed by atoms with Crippen molar-refractivity contribution in [3.63, 3.8) is 0 Å². The Labute approximate surface area is 92.0 Å². The third-order valence-corrected chi connectivity index (χ3v) is 3.28. The van der Waals surface area contributed by atoms with Crippen molar-refractivity contribution < 1.29 is 9.53 Å². The summed E-state index contributed by atoms with van der Waals surface area (Å²) in [5.74, 6) is -0.167. The summed E-state index contributed by atoms with van der Waals surface area (Å²) in [7, 11) is 0. The molecule has 0 atom stereocenters. The van der Waals surface area contributed by atoms with Gasteiger partial charge in [0.1, 0.15) is 11.4 Å². The van der Waals surface area contributed by atoms with Gasteiger partial charge in [0.2, 0.25) is 0 Å². The summed E-state index contributed by atoms with van der Waals surface area (Å²) in [6.07, 6.45) is 1.30. The number of nitrogens with one attached hydrogen (secondary N) is 1. The van der Waals surface area contributed by atoms with Crippen molar-refractivity contribution in [1.82, 2.24) is 9.88 Å². The van der Waals surface area contributed by atoms with Gasteiger partial charge in [-0.05, 0) is 6.07 Å². The smallest absolute Gasteiger partial charge is 0.269 e. The normalized spacial score (nSPS) is 21.9. The van der Waals surface area contributed by atoms with Gasteiger partial charge in [0.05, 0.1) is 13.2 Å². The summed E-state index contributed by atoms with van der Waals surface area (Å²) in [6.45, 7) is 1.14. The molecule has 3 heterocycles. The van der Waals surface area contributed by atoms with Gasteiger partial charge < -0.3 is 10.1 Å². The average Bonchev–Trinajstić information content (AvgIpc) is 2.55. The van der Waals surface area contributed by atoms with Crippen LogP contribution in [0.4, 0.5) is 0 Å². The fourth-order valence-corrected chi connectivity index (χ4v) is 2.50. The number of carbonyl (C=O) groups excluding carboxylic acids is 1. The summed E-state index contributed by atoms with van der Waals surface area (Å²) in [5, 5.41) is 2.92. The van der Waals surface area contributed by atoms with Crippen molar-refractivity contribution in [3.8, 4) is 0 Å².